The SMILES string of the molecule is Cc1ccc2nc(-c3ccsc3N)[nH]c2c1. The molecule has 3 rings (SSSR count). The number of nitrogens with zero attached hydrogens (tertiary/aromatic N) is 1. The second kappa shape index (κ2) is 3.35. The average Bonchev–Trinajstić information content (AvgIpc) is 2.82. The van der Waals surface area contributed by atoms with Crippen LogP contribution >= 0.6 is 11.3 Å². The zero-order chi connectivity index (χ0) is 11.1. The van der Waals surface area contributed by atoms with E-state index in [9.17, 15) is 0 Å². The first-order valence-corrected chi connectivity index (χ1v) is 5.92. The molecule has 0 saturated carbocycles. The molecule has 2 heterocycles. The van der Waals surface area contributed by atoms with Crippen LogP contribution in [0.4, 0.5) is 5.00 Å². The monoisotopic (exact) mass is 229 g/mol. The Bertz CT molecular complexity index is 651. The summed E-state index contributed by atoms with van der Waals surface area (Å²) < 4.78 is 0. The van der Waals surface area contributed by atoms with E-state index in [0.717, 1.165) is 27.4 Å². The summed E-state index contributed by atoms with van der Waals surface area (Å²) in [5, 5.41) is 2.78. The first kappa shape index (κ1) is 9.42. The molecule has 4 heteroatoms. The van der Waals surface area contributed by atoms with Gasteiger partial charge in [-0.25, -0.2) is 4.98 Å². The predicted molar refractivity (Wildman–Crippen MR) is 68.6 cm³/mol. The van der Waals surface area contributed by atoms with E-state index in [-0.39, 0.29) is 0 Å². The largest absolute Gasteiger partial charge is 0.390 e. The molecule has 3 nitrogen and oxygen atoms in total. The topological polar surface area (TPSA) is 54.7 Å². The van der Waals surface area contributed by atoms with Crippen LogP contribution in [-0.2, 0) is 0 Å². The van der Waals surface area contributed by atoms with Gasteiger partial charge in [0.25, 0.3) is 0 Å². The Morgan fingerprint density at radius 2 is 2.19 bits per heavy atom. The molecule has 16 heavy (non-hydrogen) atoms. The third-order valence-electron chi connectivity index (χ3n) is 2.59. The molecule has 0 saturated heterocycles. The van der Waals surface area contributed by atoms with Crippen molar-refractivity contribution in [1.29, 1.82) is 0 Å². The summed E-state index contributed by atoms with van der Waals surface area (Å²) in [6, 6.07) is 8.16. The number of anilines is 1. The fourth-order valence-corrected chi connectivity index (χ4v) is 2.41. The maximum absolute atomic E-state index is 5.88. The molecular formula is C12H11N3S. The Morgan fingerprint density at radius 3 is 2.94 bits per heavy atom. The third kappa shape index (κ3) is 1.39. The molecule has 0 fully saturated rings. The minimum atomic E-state index is 0.802. The highest BCUT2D eigenvalue weighted by molar-refractivity contribution is 7.14. The minimum absolute atomic E-state index is 0.802. The van der Waals surface area contributed by atoms with Gasteiger partial charge in [0.15, 0.2) is 0 Å². The first-order chi connectivity index (χ1) is 7.74. The summed E-state index contributed by atoms with van der Waals surface area (Å²) in [4.78, 5) is 7.82. The molecule has 0 aliphatic rings. The second-order valence-corrected chi connectivity index (χ2v) is 4.75. The Kier molecular flexibility index (Phi) is 1.97. The van der Waals surface area contributed by atoms with Crippen LogP contribution in [0.25, 0.3) is 22.4 Å². The number of aryl methyl sites for hydroxylation is 1. The van der Waals surface area contributed by atoms with Gasteiger partial charge in [-0.3, -0.25) is 0 Å². The number of fused-ring (bicyclic) bond motifs is 1. The smallest absolute Gasteiger partial charge is 0.141 e. The number of imidazole rings is 1. The number of thiophene rings is 1. The lowest BCUT2D eigenvalue weighted by Crippen LogP contribution is -1.84. The number of benzene rings is 1. The Hall–Kier alpha value is -1.81. The van der Waals surface area contributed by atoms with Gasteiger partial charge in [0.1, 0.15) is 5.82 Å². The lowest BCUT2D eigenvalue weighted by molar-refractivity contribution is 1.35. The predicted octanol–water partition coefficient (Wildman–Crippen LogP) is 3.18. The summed E-state index contributed by atoms with van der Waals surface area (Å²) in [5.74, 6) is 0.847. The van der Waals surface area contributed by atoms with Crippen LogP contribution in [0, 0.1) is 6.92 Å². The summed E-state index contributed by atoms with van der Waals surface area (Å²) in [6.07, 6.45) is 0. The molecule has 3 N–H and O–H groups in total. The van der Waals surface area contributed by atoms with Crippen molar-refractivity contribution >= 4 is 27.4 Å². The van der Waals surface area contributed by atoms with Crippen molar-refractivity contribution in [3.05, 3.63) is 35.2 Å². The molecule has 0 aliphatic carbocycles. The van der Waals surface area contributed by atoms with Crippen LogP contribution in [0.3, 0.4) is 0 Å². The zero-order valence-corrected chi connectivity index (χ0v) is 9.64. The van der Waals surface area contributed by atoms with Gasteiger partial charge in [-0.05, 0) is 36.1 Å². The summed E-state index contributed by atoms with van der Waals surface area (Å²) >= 11 is 1.53. The van der Waals surface area contributed by atoms with Crippen LogP contribution in [0.5, 0.6) is 0 Å². The Balaban J connectivity index is 2.23. The Morgan fingerprint density at radius 1 is 1.31 bits per heavy atom. The van der Waals surface area contributed by atoms with Gasteiger partial charge in [-0.2, -0.15) is 0 Å². The van der Waals surface area contributed by atoms with E-state index in [1.807, 2.05) is 17.5 Å². The number of hydrogen-bond donors (Lipinski definition) is 2. The Labute approximate surface area is 96.9 Å². The maximum atomic E-state index is 5.88. The number of aromatic nitrogens is 2. The molecule has 0 aliphatic heterocycles. The third-order valence-corrected chi connectivity index (χ3v) is 3.33. The van der Waals surface area contributed by atoms with Crippen molar-refractivity contribution in [2.75, 3.05) is 5.73 Å². The highest BCUT2D eigenvalue weighted by atomic mass is 32.1. The van der Waals surface area contributed by atoms with Crippen molar-refractivity contribution in [1.82, 2.24) is 9.97 Å². The normalized spacial score (nSPS) is 11.1. The molecule has 0 bridgehead atoms. The lowest BCUT2D eigenvalue weighted by Gasteiger charge is -1.92. The zero-order valence-electron chi connectivity index (χ0n) is 8.82. The molecule has 0 spiro atoms. The van der Waals surface area contributed by atoms with E-state index < -0.39 is 0 Å². The van der Waals surface area contributed by atoms with Gasteiger partial charge < -0.3 is 10.7 Å². The van der Waals surface area contributed by atoms with Crippen molar-refractivity contribution in [2.45, 2.75) is 6.92 Å². The molecule has 2 aromatic heterocycles. The number of H-pyrrole nitrogens is 1. The van der Waals surface area contributed by atoms with Crippen molar-refractivity contribution in [2.24, 2.45) is 0 Å². The number of aromatic amines is 1. The van der Waals surface area contributed by atoms with Crippen LogP contribution in [0.15, 0.2) is 29.6 Å². The van der Waals surface area contributed by atoms with E-state index in [1.54, 1.807) is 0 Å². The van der Waals surface area contributed by atoms with Crippen molar-refractivity contribution < 1.29 is 0 Å². The second-order valence-electron chi connectivity index (χ2n) is 3.80. The molecule has 0 unspecified atom stereocenters. The van der Waals surface area contributed by atoms with E-state index in [1.165, 1.54) is 16.9 Å². The molecule has 1 aromatic carbocycles. The van der Waals surface area contributed by atoms with Gasteiger partial charge >= 0.3 is 0 Å². The first-order valence-electron chi connectivity index (χ1n) is 5.04. The van der Waals surface area contributed by atoms with Crippen LogP contribution in [-0.4, -0.2) is 9.97 Å². The van der Waals surface area contributed by atoms with E-state index >= 15 is 0 Å². The van der Waals surface area contributed by atoms with Crippen molar-refractivity contribution in [3.63, 3.8) is 0 Å². The standard InChI is InChI=1S/C12H11N3S/c1-7-2-3-9-10(6-7)15-12(14-9)8-4-5-16-11(8)13/h2-6H,13H2,1H3,(H,14,15). The maximum Gasteiger partial charge on any atom is 0.141 e. The van der Waals surface area contributed by atoms with E-state index in [2.05, 4.69) is 29.0 Å². The quantitative estimate of drug-likeness (QED) is 0.673. The van der Waals surface area contributed by atoms with Crippen LogP contribution in [0.2, 0.25) is 0 Å². The van der Waals surface area contributed by atoms with Crippen LogP contribution < -0.4 is 5.73 Å². The fraction of sp³-hybridized carbons (Fsp3) is 0.0833. The van der Waals surface area contributed by atoms with Gasteiger partial charge in [-0.1, -0.05) is 6.07 Å². The molecular weight excluding hydrogens is 218 g/mol. The highest BCUT2D eigenvalue weighted by Gasteiger charge is 2.08. The number of hydrogen-bond acceptors (Lipinski definition) is 3. The van der Waals surface area contributed by atoms with Gasteiger partial charge in [-0.15, -0.1) is 11.3 Å². The summed E-state index contributed by atoms with van der Waals surface area (Å²) in [6.45, 7) is 2.07. The number of nitrogens with two attached hydrogens (primary N) is 1. The summed E-state index contributed by atoms with van der Waals surface area (Å²) in [5.41, 5.74) is 10.1. The molecule has 80 valence electrons. The molecule has 0 radical (unpaired) electrons. The van der Waals surface area contributed by atoms with Crippen molar-refractivity contribution in [3.8, 4) is 11.4 Å². The molecule has 0 atom stereocenters. The fourth-order valence-electron chi connectivity index (χ4n) is 1.77. The number of nitrogens with one attached hydrogen (secondary N) is 1. The van der Waals surface area contributed by atoms with Gasteiger partial charge in [0, 0.05) is 0 Å². The minimum Gasteiger partial charge on any atom is -0.390 e. The highest BCUT2D eigenvalue weighted by Crippen LogP contribution is 2.29. The molecule has 0 amide bonds. The van der Waals surface area contributed by atoms with Gasteiger partial charge in [0.05, 0.1) is 21.6 Å². The van der Waals surface area contributed by atoms with Gasteiger partial charge in [0.2, 0.25) is 0 Å². The number of nitrogen functional groups attached to an aromatic ring is 1. The average molecular weight is 229 g/mol. The van der Waals surface area contributed by atoms with Crippen LogP contribution in [0.1, 0.15) is 5.56 Å². The lowest BCUT2D eigenvalue weighted by atomic mass is 10.2. The van der Waals surface area contributed by atoms with E-state index in [0.29, 0.717) is 0 Å². The number of rotatable bonds is 1. The summed E-state index contributed by atoms with van der Waals surface area (Å²) in [7, 11) is 0. The van der Waals surface area contributed by atoms with E-state index in [4.69, 9.17) is 5.73 Å². The molecule has 3 aromatic rings.